The van der Waals surface area contributed by atoms with Crippen LogP contribution < -0.4 is 5.73 Å². The first-order valence-electron chi connectivity index (χ1n) is 4.59. The molecule has 1 rings (SSSR count). The lowest BCUT2D eigenvalue weighted by atomic mass is 10.6. The predicted molar refractivity (Wildman–Crippen MR) is 60.5 cm³/mol. The van der Waals surface area contributed by atoms with E-state index in [1.807, 2.05) is 11.8 Å². The number of nitrogens with two attached hydrogens (primary N) is 1. The predicted octanol–water partition coefficient (Wildman–Crippen LogP) is 1.76. The van der Waals surface area contributed by atoms with Gasteiger partial charge in [0.2, 0.25) is 5.89 Å². The van der Waals surface area contributed by atoms with Crippen LogP contribution in [0.3, 0.4) is 0 Å². The van der Waals surface area contributed by atoms with Gasteiger partial charge in [-0.05, 0) is 17.9 Å². The van der Waals surface area contributed by atoms with Crippen LogP contribution in [0.1, 0.15) is 19.2 Å². The summed E-state index contributed by atoms with van der Waals surface area (Å²) in [5, 5.41) is 8.28. The van der Waals surface area contributed by atoms with Crippen molar-refractivity contribution in [1.82, 2.24) is 10.2 Å². The number of aromatic nitrogens is 2. The lowest BCUT2D eigenvalue weighted by Crippen LogP contribution is -1.95. The Kier molecular flexibility index (Phi) is 6.05. The Bertz CT molecular complexity index is 254. The molecule has 1 aromatic heterocycles. The number of nitrogens with zero attached hydrogens (tertiary/aromatic N) is 2. The minimum Gasteiger partial charge on any atom is -0.415 e. The second-order valence-electron chi connectivity index (χ2n) is 2.56. The van der Waals surface area contributed by atoms with E-state index in [1.54, 1.807) is 11.8 Å². The third kappa shape index (κ3) is 4.34. The smallest absolute Gasteiger partial charge is 0.276 e. The van der Waals surface area contributed by atoms with Gasteiger partial charge in [0.1, 0.15) is 0 Å². The van der Waals surface area contributed by atoms with Crippen LogP contribution in [0.2, 0.25) is 0 Å². The molecule has 0 radical (unpaired) electrons. The summed E-state index contributed by atoms with van der Waals surface area (Å²) in [4.78, 5) is 0. The summed E-state index contributed by atoms with van der Waals surface area (Å²) in [6.07, 6.45) is 1.17. The molecule has 0 aliphatic heterocycles. The van der Waals surface area contributed by atoms with Gasteiger partial charge in [-0.15, -0.1) is 10.2 Å². The van der Waals surface area contributed by atoms with E-state index in [-0.39, 0.29) is 0 Å². The van der Waals surface area contributed by atoms with E-state index in [0.717, 1.165) is 5.75 Å². The first-order chi connectivity index (χ1) is 6.86. The van der Waals surface area contributed by atoms with Crippen LogP contribution in [-0.2, 0) is 6.54 Å². The number of hydrogen-bond acceptors (Lipinski definition) is 6. The van der Waals surface area contributed by atoms with Gasteiger partial charge in [0.25, 0.3) is 5.22 Å². The fourth-order valence-electron chi connectivity index (χ4n) is 0.844. The zero-order valence-electron chi connectivity index (χ0n) is 8.23. The molecule has 14 heavy (non-hydrogen) atoms. The van der Waals surface area contributed by atoms with Gasteiger partial charge in [0.15, 0.2) is 0 Å². The summed E-state index contributed by atoms with van der Waals surface area (Å²) in [6, 6.07) is 0. The van der Waals surface area contributed by atoms with Crippen LogP contribution in [0.15, 0.2) is 9.64 Å². The van der Waals surface area contributed by atoms with Gasteiger partial charge in [0.05, 0.1) is 6.54 Å². The van der Waals surface area contributed by atoms with Gasteiger partial charge >= 0.3 is 0 Å². The van der Waals surface area contributed by atoms with Crippen LogP contribution in [0.5, 0.6) is 0 Å². The second kappa shape index (κ2) is 7.14. The summed E-state index contributed by atoms with van der Waals surface area (Å²) in [5.74, 6) is 3.92. The molecule has 0 aliphatic carbocycles. The molecule has 0 aromatic carbocycles. The van der Waals surface area contributed by atoms with Crippen molar-refractivity contribution < 1.29 is 4.42 Å². The third-order valence-electron chi connectivity index (χ3n) is 1.49. The van der Waals surface area contributed by atoms with E-state index in [9.17, 15) is 0 Å². The van der Waals surface area contributed by atoms with Gasteiger partial charge in [-0.1, -0.05) is 18.7 Å². The van der Waals surface area contributed by atoms with Gasteiger partial charge < -0.3 is 10.2 Å². The molecule has 80 valence electrons. The van der Waals surface area contributed by atoms with E-state index in [1.165, 1.54) is 17.9 Å². The van der Waals surface area contributed by atoms with Crippen LogP contribution in [0.4, 0.5) is 0 Å². The van der Waals surface area contributed by atoms with E-state index < -0.39 is 0 Å². The second-order valence-corrected chi connectivity index (χ2v) is 5.00. The largest absolute Gasteiger partial charge is 0.415 e. The molecular formula is C8H15N3OS2. The molecule has 6 heteroatoms. The zero-order chi connectivity index (χ0) is 10.2. The van der Waals surface area contributed by atoms with Crippen molar-refractivity contribution in [3.8, 4) is 0 Å². The molecule has 0 bridgehead atoms. The quantitative estimate of drug-likeness (QED) is 0.572. The summed E-state index contributed by atoms with van der Waals surface area (Å²) >= 11 is 3.55. The first kappa shape index (κ1) is 11.9. The molecule has 0 spiro atoms. The van der Waals surface area contributed by atoms with Crippen molar-refractivity contribution in [3.05, 3.63) is 5.89 Å². The minimum absolute atomic E-state index is 0.319. The van der Waals surface area contributed by atoms with Crippen LogP contribution in [0, 0.1) is 0 Å². The molecule has 0 unspecified atom stereocenters. The average Bonchev–Trinajstić information content (AvgIpc) is 2.65. The van der Waals surface area contributed by atoms with Crippen molar-refractivity contribution >= 4 is 23.5 Å². The lowest BCUT2D eigenvalue weighted by Gasteiger charge is -1.96. The van der Waals surface area contributed by atoms with Crippen molar-refractivity contribution in [2.45, 2.75) is 25.1 Å². The molecule has 0 saturated heterocycles. The maximum atomic E-state index is 5.35. The lowest BCUT2D eigenvalue weighted by molar-refractivity contribution is 0.415. The highest BCUT2D eigenvalue weighted by atomic mass is 32.2. The Labute approximate surface area is 92.4 Å². The highest BCUT2D eigenvalue weighted by Crippen LogP contribution is 2.17. The van der Waals surface area contributed by atoms with Gasteiger partial charge in [-0.2, -0.15) is 11.8 Å². The molecule has 2 N–H and O–H groups in total. The number of thioether (sulfide) groups is 2. The summed E-state index contributed by atoms with van der Waals surface area (Å²) in [7, 11) is 0. The monoisotopic (exact) mass is 233 g/mol. The average molecular weight is 233 g/mol. The first-order valence-corrected chi connectivity index (χ1v) is 6.73. The molecule has 0 saturated carbocycles. The molecule has 0 aliphatic rings. The molecular weight excluding hydrogens is 218 g/mol. The van der Waals surface area contributed by atoms with Gasteiger partial charge in [-0.3, -0.25) is 0 Å². The fraction of sp³-hybridized carbons (Fsp3) is 0.750. The highest BCUT2D eigenvalue weighted by Gasteiger charge is 2.03. The summed E-state index contributed by atoms with van der Waals surface area (Å²) < 4.78 is 5.25. The Morgan fingerprint density at radius 1 is 1.36 bits per heavy atom. The third-order valence-corrected chi connectivity index (χ3v) is 3.38. The van der Waals surface area contributed by atoms with Crippen LogP contribution in [0.25, 0.3) is 0 Å². The summed E-state index contributed by atoms with van der Waals surface area (Å²) in [6.45, 7) is 2.49. The van der Waals surface area contributed by atoms with E-state index in [4.69, 9.17) is 10.2 Å². The van der Waals surface area contributed by atoms with E-state index in [2.05, 4.69) is 17.1 Å². The molecule has 0 fully saturated rings. The normalized spacial score (nSPS) is 10.7. The van der Waals surface area contributed by atoms with Crippen LogP contribution >= 0.6 is 23.5 Å². The van der Waals surface area contributed by atoms with Crippen molar-refractivity contribution in [3.63, 3.8) is 0 Å². The zero-order valence-corrected chi connectivity index (χ0v) is 9.87. The maximum absolute atomic E-state index is 5.35. The Morgan fingerprint density at radius 2 is 2.21 bits per heavy atom. The van der Waals surface area contributed by atoms with Gasteiger partial charge in [-0.25, -0.2) is 0 Å². The molecule has 4 nitrogen and oxygen atoms in total. The Morgan fingerprint density at radius 3 is 2.86 bits per heavy atom. The van der Waals surface area contributed by atoms with Gasteiger partial charge in [0, 0.05) is 5.75 Å². The van der Waals surface area contributed by atoms with Crippen molar-refractivity contribution in [2.75, 3.05) is 17.3 Å². The Hall–Kier alpha value is -0.200. The van der Waals surface area contributed by atoms with Crippen molar-refractivity contribution in [1.29, 1.82) is 0 Å². The van der Waals surface area contributed by atoms with E-state index in [0.29, 0.717) is 17.7 Å². The molecule has 1 heterocycles. The minimum atomic E-state index is 0.319. The highest BCUT2D eigenvalue weighted by molar-refractivity contribution is 8.00. The topological polar surface area (TPSA) is 64.9 Å². The molecule has 0 atom stereocenters. The van der Waals surface area contributed by atoms with Crippen LogP contribution in [-0.4, -0.2) is 27.5 Å². The summed E-state index contributed by atoms with van der Waals surface area (Å²) in [5.41, 5.74) is 5.35. The SMILES string of the molecule is CCSCCCSc1nnc(CN)o1. The molecule has 1 aromatic rings. The molecule has 0 amide bonds. The van der Waals surface area contributed by atoms with E-state index >= 15 is 0 Å². The number of rotatable bonds is 7. The van der Waals surface area contributed by atoms with Crippen molar-refractivity contribution in [2.24, 2.45) is 5.73 Å². The standard InChI is InChI=1S/C8H15N3OS2/c1-2-13-4-3-5-14-8-11-10-7(6-9)12-8/h2-6,9H2,1H3. The number of hydrogen-bond donors (Lipinski definition) is 1. The maximum Gasteiger partial charge on any atom is 0.276 e. The Balaban J connectivity index is 2.12. The fourth-order valence-corrected chi connectivity index (χ4v) is 2.38.